The summed E-state index contributed by atoms with van der Waals surface area (Å²) in [4.78, 5) is 2.51. The summed E-state index contributed by atoms with van der Waals surface area (Å²) in [5.41, 5.74) is 2.55. The molecule has 1 aliphatic heterocycles. The van der Waals surface area contributed by atoms with Crippen LogP contribution in [0.3, 0.4) is 0 Å². The number of hydrogen-bond donors (Lipinski definition) is 0. The Morgan fingerprint density at radius 3 is 2.59 bits per heavy atom. The van der Waals surface area contributed by atoms with Crippen molar-refractivity contribution in [2.24, 2.45) is 0 Å². The summed E-state index contributed by atoms with van der Waals surface area (Å²) in [5.74, 6) is 0. The van der Waals surface area contributed by atoms with Gasteiger partial charge >= 0.3 is 0 Å². The minimum atomic E-state index is -1.24. The zero-order chi connectivity index (χ0) is 11.9. The molecule has 2 aliphatic rings. The van der Waals surface area contributed by atoms with E-state index in [-0.39, 0.29) is 0 Å². The Kier molecular flexibility index (Phi) is 2.78. The van der Waals surface area contributed by atoms with E-state index in [1.165, 1.54) is 44.0 Å². The van der Waals surface area contributed by atoms with E-state index in [0.717, 1.165) is 5.54 Å². The first kappa shape index (κ1) is 11.3. The highest BCUT2D eigenvalue weighted by molar-refractivity contribution is 6.94. The fraction of sp³-hybridized carbons (Fsp3) is 0.600. The van der Waals surface area contributed by atoms with Gasteiger partial charge in [0.05, 0.1) is 0 Å². The lowest BCUT2D eigenvalue weighted by Gasteiger charge is -2.35. The molecule has 0 bridgehead atoms. The average Bonchev–Trinajstić information content (AvgIpc) is 2.65. The zero-order valence-corrected chi connectivity index (χ0v) is 12.1. The molecule has 1 atom stereocenters. The number of fused-ring (bicyclic) bond motifs is 1. The molecular formula is C15H23NSi. The molecule has 3 rings (SSSR count). The lowest BCUT2D eigenvalue weighted by molar-refractivity contribution is 0.493. The summed E-state index contributed by atoms with van der Waals surface area (Å²) in [6.07, 6.45) is 8.74. The second-order valence-electron chi connectivity index (χ2n) is 6.13. The van der Waals surface area contributed by atoms with Crippen LogP contribution in [0.4, 0.5) is 5.69 Å². The van der Waals surface area contributed by atoms with Gasteiger partial charge in [-0.1, -0.05) is 56.9 Å². The van der Waals surface area contributed by atoms with Crippen LogP contribution in [0.2, 0.25) is 12.1 Å². The van der Waals surface area contributed by atoms with Gasteiger partial charge < -0.3 is 4.90 Å². The number of hydrogen-bond acceptors (Lipinski definition) is 1. The van der Waals surface area contributed by atoms with Crippen molar-refractivity contribution in [1.29, 1.82) is 0 Å². The average molecular weight is 245 g/mol. The van der Waals surface area contributed by atoms with Gasteiger partial charge in [0.15, 0.2) is 0 Å². The minimum absolute atomic E-state index is 1.03. The molecule has 2 heteroatoms. The van der Waals surface area contributed by atoms with Crippen molar-refractivity contribution >= 4 is 18.9 Å². The molecule has 0 amide bonds. The van der Waals surface area contributed by atoms with Gasteiger partial charge in [0.25, 0.3) is 0 Å². The summed E-state index contributed by atoms with van der Waals surface area (Å²) < 4.78 is 0. The topological polar surface area (TPSA) is 3.24 Å². The largest absolute Gasteiger partial charge is 0.377 e. The molecule has 1 aliphatic carbocycles. The van der Waals surface area contributed by atoms with Gasteiger partial charge in [-0.25, -0.2) is 0 Å². The van der Waals surface area contributed by atoms with Gasteiger partial charge in [-0.15, -0.1) is 0 Å². The van der Waals surface area contributed by atoms with Crippen molar-refractivity contribution in [3.05, 3.63) is 24.3 Å². The highest BCUT2D eigenvalue weighted by Gasteiger charge is 2.45. The normalized spacial score (nSPS) is 29.4. The highest BCUT2D eigenvalue weighted by atomic mass is 28.3. The van der Waals surface area contributed by atoms with Crippen LogP contribution in [-0.4, -0.2) is 21.3 Å². The number of rotatable bonds is 1. The van der Waals surface area contributed by atoms with Gasteiger partial charge in [0.1, 0.15) is 8.07 Å². The van der Waals surface area contributed by atoms with E-state index in [4.69, 9.17) is 0 Å². The van der Waals surface area contributed by atoms with E-state index in [1.54, 1.807) is 5.19 Å². The first-order chi connectivity index (χ1) is 8.22. The van der Waals surface area contributed by atoms with Crippen LogP contribution in [0.1, 0.15) is 32.1 Å². The van der Waals surface area contributed by atoms with Crippen LogP contribution >= 0.6 is 0 Å². The maximum absolute atomic E-state index is 2.63. The maximum Gasteiger partial charge on any atom is 0.110 e. The van der Waals surface area contributed by atoms with Crippen molar-refractivity contribution in [2.45, 2.75) is 44.2 Å². The molecule has 1 aromatic carbocycles. The third-order valence-corrected chi connectivity index (χ3v) is 10.2. The number of para-hydroxylation sites is 1. The standard InChI is InChI=1S/C15H23NSi/c1-16-12-17(2,13-8-4-3-5-9-13)15-11-7-6-10-14(15)16/h6-7,10-11,13H,3-5,8-9,12H2,1-2H3. The Labute approximate surface area is 106 Å². The highest BCUT2D eigenvalue weighted by Crippen LogP contribution is 2.41. The molecule has 0 saturated heterocycles. The van der Waals surface area contributed by atoms with E-state index in [2.05, 4.69) is 42.8 Å². The van der Waals surface area contributed by atoms with Crippen LogP contribution in [0.15, 0.2) is 24.3 Å². The molecule has 0 N–H and O–H groups in total. The van der Waals surface area contributed by atoms with Crippen molar-refractivity contribution in [1.82, 2.24) is 0 Å². The Bertz CT molecular complexity index is 411. The first-order valence-electron chi connectivity index (χ1n) is 7.02. The predicted octanol–water partition coefficient (Wildman–Crippen LogP) is 3.30. The lowest BCUT2D eigenvalue weighted by atomic mass is 10.0. The fourth-order valence-electron chi connectivity index (χ4n) is 4.04. The third kappa shape index (κ3) is 1.73. The van der Waals surface area contributed by atoms with Crippen LogP contribution < -0.4 is 10.1 Å². The SMILES string of the molecule is CN1C[Si](C)(C2CCCCC2)c2ccccc21. The zero-order valence-electron chi connectivity index (χ0n) is 11.1. The fourth-order valence-corrected chi connectivity index (χ4v) is 9.08. The second kappa shape index (κ2) is 4.16. The Hall–Kier alpha value is -0.763. The van der Waals surface area contributed by atoms with Gasteiger partial charge in [-0.2, -0.15) is 0 Å². The van der Waals surface area contributed by atoms with E-state index < -0.39 is 8.07 Å². The molecule has 1 aromatic rings. The van der Waals surface area contributed by atoms with Crippen LogP contribution in [-0.2, 0) is 0 Å². The smallest absolute Gasteiger partial charge is 0.110 e. The van der Waals surface area contributed by atoms with E-state index >= 15 is 0 Å². The lowest BCUT2D eigenvalue weighted by Crippen LogP contribution is -2.51. The van der Waals surface area contributed by atoms with Crippen LogP contribution in [0, 0.1) is 0 Å². The third-order valence-electron chi connectivity index (χ3n) is 5.00. The van der Waals surface area contributed by atoms with E-state index in [9.17, 15) is 0 Å². The first-order valence-corrected chi connectivity index (χ1v) is 9.81. The van der Waals surface area contributed by atoms with Gasteiger partial charge in [-0.05, 0) is 16.8 Å². The van der Waals surface area contributed by atoms with Crippen molar-refractivity contribution in [3.63, 3.8) is 0 Å². The second-order valence-corrected chi connectivity index (χ2v) is 10.6. The summed E-state index contributed by atoms with van der Waals surface area (Å²) in [5, 5.41) is 1.73. The Morgan fingerprint density at radius 1 is 1.12 bits per heavy atom. The predicted molar refractivity (Wildman–Crippen MR) is 77.8 cm³/mol. The molecule has 0 spiro atoms. The molecule has 92 valence electrons. The summed E-state index contributed by atoms with van der Waals surface area (Å²) in [6, 6.07) is 9.17. The monoisotopic (exact) mass is 245 g/mol. The quantitative estimate of drug-likeness (QED) is 0.686. The van der Waals surface area contributed by atoms with Crippen molar-refractivity contribution in [3.8, 4) is 0 Å². The maximum atomic E-state index is 2.63. The van der Waals surface area contributed by atoms with Crippen molar-refractivity contribution < 1.29 is 0 Å². The minimum Gasteiger partial charge on any atom is -0.377 e. The van der Waals surface area contributed by atoms with Crippen LogP contribution in [0.25, 0.3) is 0 Å². The van der Waals surface area contributed by atoms with Gasteiger partial charge in [-0.3, -0.25) is 0 Å². The number of benzene rings is 1. The summed E-state index contributed by atoms with van der Waals surface area (Å²) in [7, 11) is 1.03. The van der Waals surface area contributed by atoms with Gasteiger partial charge in [0.2, 0.25) is 0 Å². The van der Waals surface area contributed by atoms with E-state index in [1.807, 2.05) is 0 Å². The number of anilines is 1. The Morgan fingerprint density at radius 2 is 1.82 bits per heavy atom. The summed E-state index contributed by atoms with van der Waals surface area (Å²) >= 11 is 0. The number of nitrogens with zero attached hydrogens (tertiary/aromatic N) is 1. The van der Waals surface area contributed by atoms with Crippen LogP contribution in [0.5, 0.6) is 0 Å². The molecule has 1 nitrogen and oxygen atoms in total. The molecule has 17 heavy (non-hydrogen) atoms. The van der Waals surface area contributed by atoms with Crippen molar-refractivity contribution in [2.75, 3.05) is 18.1 Å². The summed E-state index contributed by atoms with van der Waals surface area (Å²) in [6.45, 7) is 2.63. The Balaban J connectivity index is 1.98. The molecule has 1 saturated carbocycles. The van der Waals surface area contributed by atoms with Gasteiger partial charge in [0, 0.05) is 18.9 Å². The van der Waals surface area contributed by atoms with E-state index in [0.29, 0.717) is 0 Å². The molecule has 1 fully saturated rings. The molecular weight excluding hydrogens is 222 g/mol. The molecule has 1 unspecified atom stereocenters. The molecule has 0 radical (unpaired) electrons. The molecule has 1 heterocycles. The molecule has 0 aromatic heterocycles.